The van der Waals surface area contributed by atoms with E-state index in [2.05, 4.69) is 47.9 Å². The normalized spacial score (nSPS) is 18.0. The monoisotopic (exact) mass is 1220 g/mol. The molecule has 11 N–H and O–H groups in total. The maximum atomic E-state index is 14.6. The van der Waals surface area contributed by atoms with E-state index in [1.165, 1.54) is 52.5 Å². The third-order valence-electron chi connectivity index (χ3n) is 15.1. The minimum absolute atomic E-state index is 0.00837. The molecule has 86 heavy (non-hydrogen) atoms. The molecule has 0 aromatic heterocycles. The van der Waals surface area contributed by atoms with Crippen molar-refractivity contribution in [1.29, 1.82) is 0 Å². The van der Waals surface area contributed by atoms with Gasteiger partial charge in [0.05, 0.1) is 12.2 Å². The minimum Gasteiger partial charge on any atom is -0.393 e. The molecule has 0 bridgehead atoms. The summed E-state index contributed by atoms with van der Waals surface area (Å²) in [7, 11) is 3.77. The molecular formula is C62H111N11O13. The SMILES string of the molecule is CCC(=O)C[C@@H](O)C[C@@H](C)C[C@H](NC(=O)[C@@H]1C[C@@H](C)CN1C(=O)/C=C\[C@H](C)CC)C(=O)N[C@H](C(=O)NC(C)(C)C(=O)N[C@@H](CC(C)C)C(=O)N[C@@H](CC(C)C)C(=O)NC(C)(C)C(=O)NC(C)(C)C(=O)NCCC(=O)N[C@H](C)CN(C)C)[C@H](O)C(C)C. The highest BCUT2D eigenvalue weighted by Crippen LogP contribution is 2.25. The van der Waals surface area contributed by atoms with Gasteiger partial charge in [0.2, 0.25) is 59.1 Å². The molecule has 0 aromatic rings. The summed E-state index contributed by atoms with van der Waals surface area (Å²) in [5.41, 5.74) is -4.93. The van der Waals surface area contributed by atoms with Crippen molar-refractivity contribution in [2.75, 3.05) is 33.7 Å². The number of carbonyl (C=O) groups excluding carboxylic acids is 11. The molecule has 0 unspecified atom stereocenters. The van der Waals surface area contributed by atoms with Crippen LogP contribution in [0, 0.1) is 35.5 Å². The zero-order valence-electron chi connectivity index (χ0n) is 55.5. The maximum absolute atomic E-state index is 14.6. The first-order valence-electron chi connectivity index (χ1n) is 30.8. The van der Waals surface area contributed by atoms with Crippen molar-refractivity contribution in [3.05, 3.63) is 12.2 Å². The Kier molecular flexibility index (Phi) is 32.4. The van der Waals surface area contributed by atoms with Crippen LogP contribution in [0.25, 0.3) is 0 Å². The van der Waals surface area contributed by atoms with E-state index < -0.39 is 118 Å². The van der Waals surface area contributed by atoms with E-state index in [1.807, 2.05) is 74.4 Å². The average molecular weight is 1220 g/mol. The second-order valence-electron chi connectivity index (χ2n) is 27.1. The summed E-state index contributed by atoms with van der Waals surface area (Å²) in [6.45, 7) is 31.1. The van der Waals surface area contributed by atoms with Crippen LogP contribution in [0.3, 0.4) is 0 Å². The zero-order chi connectivity index (χ0) is 66.4. The van der Waals surface area contributed by atoms with Crippen molar-refractivity contribution in [3.8, 4) is 0 Å². The van der Waals surface area contributed by atoms with Crippen LogP contribution in [0.15, 0.2) is 12.2 Å². The predicted octanol–water partition coefficient (Wildman–Crippen LogP) is 2.28. The molecule has 0 spiro atoms. The smallest absolute Gasteiger partial charge is 0.246 e. The quantitative estimate of drug-likeness (QED) is 0.0398. The molecule has 24 nitrogen and oxygen atoms in total. The van der Waals surface area contributed by atoms with Gasteiger partial charge in [-0.3, -0.25) is 52.7 Å². The van der Waals surface area contributed by atoms with Gasteiger partial charge in [0.15, 0.2) is 0 Å². The number of Topliss-reactive ketones (excluding diaryl/α,β-unsaturated/α-hetero) is 1. The van der Waals surface area contributed by atoms with E-state index in [-0.39, 0.29) is 98.8 Å². The summed E-state index contributed by atoms with van der Waals surface area (Å²) in [5, 5.41) is 46.7. The number of aliphatic hydroxyl groups excluding tert-OH is 2. The fourth-order valence-electron chi connectivity index (χ4n) is 9.77. The molecule has 0 aromatic carbocycles. The number of carbonyl (C=O) groups is 11. The number of aliphatic hydroxyl groups is 2. The summed E-state index contributed by atoms with van der Waals surface area (Å²) >= 11 is 0. The first kappa shape index (κ1) is 78.0. The average Bonchev–Trinajstić information content (AvgIpc) is 3.94. The van der Waals surface area contributed by atoms with Gasteiger partial charge in [0, 0.05) is 44.9 Å². The van der Waals surface area contributed by atoms with Gasteiger partial charge in [-0.05, 0) is 136 Å². The van der Waals surface area contributed by atoms with Gasteiger partial charge in [-0.1, -0.05) is 88.7 Å². The van der Waals surface area contributed by atoms with E-state index >= 15 is 0 Å². The van der Waals surface area contributed by atoms with Crippen LogP contribution in [0.5, 0.6) is 0 Å². The van der Waals surface area contributed by atoms with Crippen LogP contribution in [0.1, 0.15) is 182 Å². The maximum Gasteiger partial charge on any atom is 0.246 e. The van der Waals surface area contributed by atoms with Crippen molar-refractivity contribution >= 4 is 64.9 Å². The fourth-order valence-corrected chi connectivity index (χ4v) is 9.77. The Bertz CT molecular complexity index is 2340. The highest BCUT2D eigenvalue weighted by Gasteiger charge is 2.43. The van der Waals surface area contributed by atoms with Crippen LogP contribution in [0.4, 0.5) is 0 Å². The van der Waals surface area contributed by atoms with E-state index in [0.717, 1.165) is 6.42 Å². The lowest BCUT2D eigenvalue weighted by atomic mass is 9.92. The lowest BCUT2D eigenvalue weighted by molar-refractivity contribution is -0.140. The van der Waals surface area contributed by atoms with Gasteiger partial charge >= 0.3 is 0 Å². The molecule has 1 rings (SSSR count). The fraction of sp³-hybridized carbons (Fsp3) is 0.790. The largest absolute Gasteiger partial charge is 0.393 e. The van der Waals surface area contributed by atoms with Crippen LogP contribution in [-0.2, 0) is 52.7 Å². The molecule has 1 aliphatic rings. The molecule has 492 valence electrons. The number of likely N-dealkylation sites (N-methyl/N-ethyl adjacent to an activating group) is 1. The summed E-state index contributed by atoms with van der Waals surface area (Å²) in [4.78, 5) is 154. The third kappa shape index (κ3) is 27.4. The van der Waals surface area contributed by atoms with Crippen LogP contribution >= 0.6 is 0 Å². The molecule has 0 aliphatic carbocycles. The summed E-state index contributed by atoms with van der Waals surface area (Å²) < 4.78 is 0. The Morgan fingerprint density at radius 1 is 0.628 bits per heavy atom. The molecule has 10 amide bonds. The lowest BCUT2D eigenvalue weighted by Crippen LogP contribution is -2.66. The molecule has 11 atom stereocenters. The number of nitrogens with zero attached hydrogens (tertiary/aromatic N) is 2. The molecule has 24 heteroatoms. The molecular weight excluding hydrogens is 1110 g/mol. The number of rotatable bonds is 37. The number of likely N-dealkylation sites (tertiary alicyclic amines) is 1. The predicted molar refractivity (Wildman–Crippen MR) is 330 cm³/mol. The van der Waals surface area contributed by atoms with Gasteiger partial charge in [0.1, 0.15) is 52.6 Å². The third-order valence-corrected chi connectivity index (χ3v) is 15.1. The minimum atomic E-state index is -1.82. The van der Waals surface area contributed by atoms with Gasteiger partial charge in [-0.15, -0.1) is 0 Å². The van der Waals surface area contributed by atoms with E-state index in [4.69, 9.17) is 0 Å². The Labute approximate surface area is 512 Å². The summed E-state index contributed by atoms with van der Waals surface area (Å²) in [6, 6.07) is -6.61. The van der Waals surface area contributed by atoms with Crippen molar-refractivity contribution in [2.24, 2.45) is 35.5 Å². The molecule has 0 saturated carbocycles. The number of nitrogens with one attached hydrogen (secondary N) is 9. The standard InChI is InChI=1S/C62H111N11O13/c1-21-38(9)23-24-49(77)73-33-40(11)31-47(73)55(82)66-46(30-39(10)29-43(75)32-42(74)22-2)53(80)68-50(51(78)37(7)8)56(83)70-61(15,16)58(85)67-44(27-35(3)4)52(79)65-45(28-36(5)6)54(81)69-62(17,18)59(86)71-60(13,14)57(84)63-26-25-48(76)64-41(12)34-72(19)20/h23-24,35-41,43-47,50-51,75,78H,21-22,25-34H2,1-20H3,(H,63,84)(H,64,76)(H,65,79)(H,66,82)(H,67,85)(H,68,80)(H,69,81)(H,70,83)(H,71,86)/b24-23-/t38-,39-,40-,41-,43+,44+,45+,46+,47+,50+,51-/m1/s1. The topological polar surface area (TPSA) is 343 Å². The number of hydrogen-bond donors (Lipinski definition) is 11. The van der Waals surface area contributed by atoms with Gasteiger partial charge < -0.3 is 67.9 Å². The van der Waals surface area contributed by atoms with Crippen LogP contribution in [0.2, 0.25) is 0 Å². The first-order valence-corrected chi connectivity index (χ1v) is 30.8. The lowest BCUT2D eigenvalue weighted by Gasteiger charge is -2.34. The molecule has 1 heterocycles. The Morgan fingerprint density at radius 2 is 1.15 bits per heavy atom. The summed E-state index contributed by atoms with van der Waals surface area (Å²) in [6.07, 6.45) is 2.07. The van der Waals surface area contributed by atoms with Crippen molar-refractivity contribution < 1.29 is 63.0 Å². The van der Waals surface area contributed by atoms with E-state index in [9.17, 15) is 63.0 Å². The Hall–Kier alpha value is -6.01. The van der Waals surface area contributed by atoms with Crippen LogP contribution in [-0.4, -0.2) is 184 Å². The number of ketones is 1. The van der Waals surface area contributed by atoms with Crippen LogP contribution < -0.4 is 47.9 Å². The molecule has 0 radical (unpaired) electrons. The molecule has 1 fully saturated rings. The first-order chi connectivity index (χ1) is 39.6. The molecule has 1 saturated heterocycles. The van der Waals surface area contributed by atoms with Gasteiger partial charge in [-0.2, -0.15) is 0 Å². The van der Waals surface area contributed by atoms with Crippen molar-refractivity contribution in [2.45, 2.75) is 247 Å². The highest BCUT2D eigenvalue weighted by molar-refractivity contribution is 6.00. The second-order valence-corrected chi connectivity index (χ2v) is 27.1. The number of hydrogen-bond acceptors (Lipinski definition) is 14. The zero-order valence-corrected chi connectivity index (χ0v) is 55.5. The van der Waals surface area contributed by atoms with E-state index in [1.54, 1.807) is 33.8 Å². The highest BCUT2D eigenvalue weighted by atomic mass is 16.3. The van der Waals surface area contributed by atoms with E-state index in [0.29, 0.717) is 19.5 Å². The van der Waals surface area contributed by atoms with Crippen molar-refractivity contribution in [3.63, 3.8) is 0 Å². The Morgan fingerprint density at radius 3 is 1.69 bits per heavy atom. The van der Waals surface area contributed by atoms with Gasteiger partial charge in [0.25, 0.3) is 0 Å². The van der Waals surface area contributed by atoms with Gasteiger partial charge in [-0.25, -0.2) is 0 Å². The number of allylic oxidation sites excluding steroid dienone is 1. The summed E-state index contributed by atoms with van der Waals surface area (Å²) in [5.74, 6) is -8.25. The Balaban J connectivity index is 3.44. The van der Waals surface area contributed by atoms with Crippen molar-refractivity contribution in [1.82, 2.24) is 57.7 Å². The second kappa shape index (κ2) is 35.7. The molecule has 1 aliphatic heterocycles. The number of amides is 10.